The summed E-state index contributed by atoms with van der Waals surface area (Å²) in [5, 5.41) is 10.1. The van der Waals surface area contributed by atoms with Crippen LogP contribution >= 0.6 is 0 Å². The monoisotopic (exact) mass is 1200 g/mol. The molecule has 0 spiro atoms. The van der Waals surface area contributed by atoms with E-state index >= 15 is 0 Å². The Balaban J connectivity index is 0.00000660. The molecule has 3 aromatic heterocycles. The first-order chi connectivity index (χ1) is 38.0. The van der Waals surface area contributed by atoms with Crippen LogP contribution in [-0.4, -0.2) is 24.5 Å². The van der Waals surface area contributed by atoms with Crippen molar-refractivity contribution in [3.05, 3.63) is 273 Å². The summed E-state index contributed by atoms with van der Waals surface area (Å²) in [7, 11) is 0. The van der Waals surface area contributed by atoms with Gasteiger partial charge >= 0.3 is 20.1 Å². The van der Waals surface area contributed by atoms with Gasteiger partial charge < -0.3 is 4.98 Å². The SMILES string of the molecule is CC(C)(C)c1c(-c2ccccc2-c2cc(-c3ccccc3-c3ccc(-c4[c-]ccc(-c5ccc(-c6ccccc6)cc5)c4)nc3)cc(-c3ccccc3-c3cnn(-c4[c-]cccc4)c3C(C)(C)C)c2)cnn1-c1[c-]cccc1.[Ir+3]. The molecule has 0 aliphatic carbocycles. The predicted octanol–water partition coefficient (Wildman–Crippen LogP) is 18.4. The number of rotatable bonds is 11. The van der Waals surface area contributed by atoms with Crippen LogP contribution in [0.15, 0.2) is 243 Å². The van der Waals surface area contributed by atoms with E-state index in [2.05, 4.69) is 245 Å². The summed E-state index contributed by atoms with van der Waals surface area (Å²) in [6.45, 7) is 13.6. The fraction of sp³-hybridized carbons (Fsp3) is 0.110. The molecule has 0 radical (unpaired) electrons. The topological polar surface area (TPSA) is 48.5 Å². The molecule has 0 bridgehead atoms. The minimum atomic E-state index is -0.250. The molecule has 5 nitrogen and oxygen atoms in total. The second-order valence-electron chi connectivity index (χ2n) is 21.9. The van der Waals surface area contributed by atoms with E-state index in [0.29, 0.717) is 0 Å². The van der Waals surface area contributed by atoms with Gasteiger partial charge in [-0.2, -0.15) is 58.7 Å². The molecule has 6 heteroatoms. The third-order valence-electron chi connectivity index (χ3n) is 14.5. The molecule has 0 amide bonds. The van der Waals surface area contributed by atoms with Gasteiger partial charge in [0, 0.05) is 28.2 Å². The summed E-state index contributed by atoms with van der Waals surface area (Å²) in [6.07, 6.45) is 6.06. The second kappa shape index (κ2) is 21.9. The van der Waals surface area contributed by atoms with E-state index in [-0.39, 0.29) is 30.9 Å². The van der Waals surface area contributed by atoms with Gasteiger partial charge in [0.25, 0.3) is 0 Å². The molecule has 9 aromatic carbocycles. The molecular formula is C73H58IrN5. The van der Waals surface area contributed by atoms with Gasteiger partial charge in [-0.1, -0.05) is 181 Å². The standard InChI is InChI=1S/C73H58N5.Ir/c1-72(2,3)70-67(48-75-77(70)59-27-12-8-13-28-59)65-35-20-18-33-63(65)57-44-56(45-58(46-57)64-34-19-21-36-66(64)68-49-76-78(71(68)73(4,5)6)60-29-14-9-15-30-60)62-32-17-16-31-61(62)55-41-42-69(74-47-55)54-26-22-25-53(43-54)52-39-37-51(38-40-52)50-23-10-7-11-24-50;/h7-25,27,29,31-49H,1-6H3;/q-3;+3. The average molecular weight is 1200 g/mol. The van der Waals surface area contributed by atoms with Gasteiger partial charge in [0.2, 0.25) is 0 Å². The summed E-state index contributed by atoms with van der Waals surface area (Å²) in [6, 6.07) is 89.6. The number of nitrogens with zero attached hydrogens (tertiary/aromatic N) is 5. The van der Waals surface area contributed by atoms with Crippen LogP contribution in [0.3, 0.4) is 0 Å². The van der Waals surface area contributed by atoms with Crippen molar-refractivity contribution in [2.75, 3.05) is 0 Å². The summed E-state index contributed by atoms with van der Waals surface area (Å²) < 4.78 is 4.11. The Labute approximate surface area is 478 Å². The van der Waals surface area contributed by atoms with Crippen LogP contribution in [0.5, 0.6) is 0 Å². The van der Waals surface area contributed by atoms with Gasteiger partial charge in [-0.05, 0) is 108 Å². The number of para-hydroxylation sites is 2. The number of hydrogen-bond acceptors (Lipinski definition) is 3. The van der Waals surface area contributed by atoms with Gasteiger partial charge in [-0.25, -0.2) is 0 Å². The van der Waals surface area contributed by atoms with Crippen LogP contribution < -0.4 is 0 Å². The number of aromatic nitrogens is 5. The van der Waals surface area contributed by atoms with Gasteiger partial charge in [-0.15, -0.1) is 47.5 Å². The average Bonchev–Trinajstić information content (AvgIpc) is 4.40. The van der Waals surface area contributed by atoms with Gasteiger partial charge in [0.15, 0.2) is 0 Å². The molecule has 3 heterocycles. The van der Waals surface area contributed by atoms with Crippen molar-refractivity contribution in [2.45, 2.75) is 52.4 Å². The third kappa shape index (κ3) is 10.5. The first-order valence-electron chi connectivity index (χ1n) is 26.7. The maximum absolute atomic E-state index is 5.12. The normalized spacial score (nSPS) is 11.6. The number of pyridine rings is 1. The summed E-state index contributed by atoms with van der Waals surface area (Å²) >= 11 is 0. The molecule has 0 N–H and O–H groups in total. The zero-order valence-corrected chi connectivity index (χ0v) is 47.6. The summed E-state index contributed by atoms with van der Waals surface area (Å²) in [5.74, 6) is 0. The number of benzene rings is 9. The van der Waals surface area contributed by atoms with Crippen molar-refractivity contribution in [1.29, 1.82) is 0 Å². The largest absolute Gasteiger partial charge is 3.00 e. The Kier molecular flexibility index (Phi) is 14.5. The maximum atomic E-state index is 5.12. The molecule has 0 saturated heterocycles. The first kappa shape index (κ1) is 52.3. The van der Waals surface area contributed by atoms with E-state index < -0.39 is 0 Å². The molecule has 0 aliphatic heterocycles. The van der Waals surface area contributed by atoms with Crippen LogP contribution in [0.2, 0.25) is 0 Å². The van der Waals surface area contributed by atoms with E-state index in [1.807, 2.05) is 67.1 Å². The molecule has 0 unspecified atom stereocenters. The van der Waals surface area contributed by atoms with Crippen LogP contribution in [0.25, 0.3) is 112 Å². The van der Waals surface area contributed by atoms with E-state index in [0.717, 1.165) is 112 Å². The zero-order chi connectivity index (χ0) is 53.4. The first-order valence-corrected chi connectivity index (χ1v) is 26.7. The Morgan fingerprint density at radius 2 is 0.722 bits per heavy atom. The smallest absolute Gasteiger partial charge is 0.304 e. The van der Waals surface area contributed by atoms with Crippen molar-refractivity contribution < 1.29 is 20.1 Å². The molecule has 12 rings (SSSR count). The van der Waals surface area contributed by atoms with Gasteiger partial charge in [0.1, 0.15) is 0 Å². The van der Waals surface area contributed by atoms with Gasteiger partial charge in [-0.3, -0.25) is 9.36 Å². The molecule has 0 atom stereocenters. The van der Waals surface area contributed by atoms with Crippen molar-refractivity contribution in [3.8, 4) is 112 Å². The summed E-state index contributed by atoms with van der Waals surface area (Å²) in [4.78, 5) is 5.12. The molecular weight excluding hydrogens is 1140 g/mol. The molecule has 0 saturated carbocycles. The molecule has 12 aromatic rings. The van der Waals surface area contributed by atoms with Gasteiger partial charge in [0.05, 0.1) is 23.8 Å². The predicted molar refractivity (Wildman–Crippen MR) is 321 cm³/mol. The Bertz CT molecular complexity index is 3910. The van der Waals surface area contributed by atoms with E-state index in [1.165, 1.54) is 11.1 Å². The van der Waals surface area contributed by atoms with E-state index in [1.54, 1.807) is 0 Å². The maximum Gasteiger partial charge on any atom is 3.00 e. The molecule has 384 valence electrons. The minimum Gasteiger partial charge on any atom is -0.304 e. The van der Waals surface area contributed by atoms with E-state index in [4.69, 9.17) is 15.2 Å². The molecule has 0 aliphatic rings. The van der Waals surface area contributed by atoms with Crippen molar-refractivity contribution in [2.24, 2.45) is 0 Å². The van der Waals surface area contributed by atoms with Crippen LogP contribution in [0, 0.1) is 18.2 Å². The van der Waals surface area contributed by atoms with E-state index in [9.17, 15) is 0 Å². The summed E-state index contributed by atoms with van der Waals surface area (Å²) in [5.41, 5.74) is 23.1. The molecule has 0 fully saturated rings. The Hall–Kier alpha value is -8.80. The fourth-order valence-corrected chi connectivity index (χ4v) is 10.9. The van der Waals surface area contributed by atoms with Crippen molar-refractivity contribution in [1.82, 2.24) is 24.5 Å². The third-order valence-corrected chi connectivity index (χ3v) is 14.5. The van der Waals surface area contributed by atoms with Crippen LogP contribution in [-0.2, 0) is 30.9 Å². The quantitative estimate of drug-likeness (QED) is 0.121. The number of hydrogen-bond donors (Lipinski definition) is 0. The van der Waals surface area contributed by atoms with Crippen LogP contribution in [0.4, 0.5) is 0 Å². The minimum absolute atomic E-state index is 0. The van der Waals surface area contributed by atoms with Crippen molar-refractivity contribution >= 4 is 0 Å². The molecule has 79 heavy (non-hydrogen) atoms. The van der Waals surface area contributed by atoms with Crippen molar-refractivity contribution in [3.63, 3.8) is 0 Å². The Morgan fingerprint density at radius 1 is 0.316 bits per heavy atom. The van der Waals surface area contributed by atoms with Crippen LogP contribution in [0.1, 0.15) is 52.9 Å². The second-order valence-corrected chi connectivity index (χ2v) is 21.9. The zero-order valence-electron chi connectivity index (χ0n) is 45.2. The fourth-order valence-electron chi connectivity index (χ4n) is 10.9. The Morgan fingerprint density at radius 3 is 1.16 bits per heavy atom.